The third-order valence-electron chi connectivity index (χ3n) is 4.51. The summed E-state index contributed by atoms with van der Waals surface area (Å²) in [6.07, 6.45) is 2.01. The van der Waals surface area contributed by atoms with Crippen LogP contribution < -0.4 is 0 Å². The fraction of sp³-hybridized carbons (Fsp3) is 0.929. The number of carbonyl (C=O) groups is 1. The summed E-state index contributed by atoms with van der Waals surface area (Å²) in [7, 11) is 0. The molecular formula is C14H27IN2O. The largest absolute Gasteiger partial charge is 0.334 e. The first-order valence-corrected chi connectivity index (χ1v) is 7.77. The highest BCUT2D eigenvalue weighted by Gasteiger charge is 2.52. The summed E-state index contributed by atoms with van der Waals surface area (Å²) in [6.45, 7) is 15.8. The molecule has 3 nitrogen and oxygen atoms in total. The van der Waals surface area contributed by atoms with Crippen LogP contribution in [0.5, 0.6) is 0 Å². The summed E-state index contributed by atoms with van der Waals surface area (Å²) < 4.78 is 2.18. The Balaban J connectivity index is 3.20. The van der Waals surface area contributed by atoms with Gasteiger partial charge in [0.15, 0.2) is 0 Å². The minimum Gasteiger partial charge on any atom is -0.334 e. The Morgan fingerprint density at radius 1 is 1.22 bits per heavy atom. The molecule has 1 aliphatic rings. The quantitative estimate of drug-likeness (QED) is 0.563. The second-order valence-electron chi connectivity index (χ2n) is 6.75. The third kappa shape index (κ3) is 2.42. The number of hydrogen-bond acceptors (Lipinski definition) is 2. The highest BCUT2D eigenvalue weighted by molar-refractivity contribution is 14.1. The van der Waals surface area contributed by atoms with Crippen LogP contribution in [0.3, 0.4) is 0 Å². The lowest BCUT2D eigenvalue weighted by molar-refractivity contribution is -0.158. The molecule has 1 rings (SSSR count). The molecule has 0 aromatic carbocycles. The van der Waals surface area contributed by atoms with Gasteiger partial charge < -0.3 is 4.90 Å². The van der Waals surface area contributed by atoms with Gasteiger partial charge in [-0.25, -0.2) is 3.11 Å². The third-order valence-corrected chi connectivity index (χ3v) is 7.02. The first-order chi connectivity index (χ1) is 8.03. The van der Waals surface area contributed by atoms with Crippen molar-refractivity contribution in [3.8, 4) is 0 Å². The van der Waals surface area contributed by atoms with Gasteiger partial charge in [0.05, 0.1) is 0 Å². The van der Waals surface area contributed by atoms with Crippen molar-refractivity contribution in [1.82, 2.24) is 8.01 Å². The summed E-state index contributed by atoms with van der Waals surface area (Å²) in [4.78, 5) is 14.9. The second kappa shape index (κ2) is 4.93. The van der Waals surface area contributed by atoms with Gasteiger partial charge in [0.2, 0.25) is 5.91 Å². The van der Waals surface area contributed by atoms with E-state index >= 15 is 0 Å². The molecule has 0 unspecified atom stereocenters. The van der Waals surface area contributed by atoms with Gasteiger partial charge in [-0.2, -0.15) is 0 Å². The van der Waals surface area contributed by atoms with Crippen molar-refractivity contribution in [3.63, 3.8) is 0 Å². The summed E-state index contributed by atoms with van der Waals surface area (Å²) >= 11 is 2.31. The number of nitrogens with zero attached hydrogens (tertiary/aromatic N) is 2. The van der Waals surface area contributed by atoms with Crippen LogP contribution in [0.4, 0.5) is 0 Å². The first kappa shape index (κ1) is 16.2. The molecule has 0 radical (unpaired) electrons. The zero-order valence-corrected chi connectivity index (χ0v) is 15.0. The molecule has 0 aromatic heterocycles. The van der Waals surface area contributed by atoms with E-state index < -0.39 is 5.54 Å². The summed E-state index contributed by atoms with van der Waals surface area (Å²) in [5.74, 6) is 0.252. The monoisotopic (exact) mass is 366 g/mol. The Morgan fingerprint density at radius 3 is 2.06 bits per heavy atom. The average Bonchev–Trinajstić information content (AvgIpc) is 2.31. The normalized spacial score (nSPS) is 24.4. The standard InChI is InChI=1S/C14H27IN2O/c1-8-14(7,9-2)16-10-12(3,4)17(15)13(5,6)11(16)18/h8-10H2,1-7H3. The lowest BCUT2D eigenvalue weighted by Crippen LogP contribution is -2.71. The van der Waals surface area contributed by atoms with Crippen molar-refractivity contribution >= 4 is 28.8 Å². The van der Waals surface area contributed by atoms with Crippen molar-refractivity contribution in [2.24, 2.45) is 0 Å². The van der Waals surface area contributed by atoms with Crippen LogP contribution in [-0.2, 0) is 4.79 Å². The zero-order valence-electron chi connectivity index (χ0n) is 12.8. The number of halogens is 1. The van der Waals surface area contributed by atoms with Crippen LogP contribution >= 0.6 is 22.9 Å². The fourth-order valence-corrected chi connectivity index (χ4v) is 3.12. The zero-order chi connectivity index (χ0) is 14.4. The molecule has 1 aliphatic heterocycles. The molecule has 18 heavy (non-hydrogen) atoms. The maximum absolute atomic E-state index is 12.8. The molecule has 106 valence electrons. The van der Waals surface area contributed by atoms with Crippen molar-refractivity contribution in [1.29, 1.82) is 0 Å². The Labute approximate surface area is 126 Å². The van der Waals surface area contributed by atoms with E-state index in [-0.39, 0.29) is 17.0 Å². The minimum atomic E-state index is -0.437. The van der Waals surface area contributed by atoms with Gasteiger partial charge in [0.25, 0.3) is 0 Å². The highest BCUT2D eigenvalue weighted by atomic mass is 127. The Hall–Kier alpha value is 0.160. The first-order valence-electron chi connectivity index (χ1n) is 6.81. The molecule has 1 amide bonds. The van der Waals surface area contributed by atoms with Gasteiger partial charge in [0.1, 0.15) is 5.54 Å². The molecule has 0 N–H and O–H groups in total. The van der Waals surface area contributed by atoms with Crippen LogP contribution in [0, 0.1) is 0 Å². The molecule has 0 spiro atoms. The van der Waals surface area contributed by atoms with Crippen molar-refractivity contribution in [2.45, 2.75) is 77.9 Å². The van der Waals surface area contributed by atoms with Crippen LogP contribution in [0.15, 0.2) is 0 Å². The van der Waals surface area contributed by atoms with Gasteiger partial charge in [0, 0.05) is 40.5 Å². The number of rotatable bonds is 3. The van der Waals surface area contributed by atoms with Crippen LogP contribution in [0.1, 0.15) is 61.3 Å². The predicted molar refractivity (Wildman–Crippen MR) is 84.7 cm³/mol. The van der Waals surface area contributed by atoms with Crippen molar-refractivity contribution in [3.05, 3.63) is 0 Å². The minimum absolute atomic E-state index is 0.00354. The predicted octanol–water partition coefficient (Wildman–Crippen LogP) is 3.62. The molecule has 0 atom stereocenters. The van der Waals surface area contributed by atoms with Gasteiger partial charge in [-0.05, 0) is 47.5 Å². The molecule has 1 saturated heterocycles. The molecule has 0 saturated carbocycles. The summed E-state index contributed by atoms with van der Waals surface area (Å²) in [5.41, 5.74) is -0.457. The van der Waals surface area contributed by atoms with Crippen LogP contribution in [0.2, 0.25) is 0 Å². The summed E-state index contributed by atoms with van der Waals surface area (Å²) in [5, 5.41) is 0. The number of hydrogen-bond donors (Lipinski definition) is 0. The van der Waals surface area contributed by atoms with Gasteiger partial charge in [-0.3, -0.25) is 4.79 Å². The van der Waals surface area contributed by atoms with Crippen molar-refractivity contribution in [2.75, 3.05) is 6.54 Å². The topological polar surface area (TPSA) is 23.6 Å². The Bertz CT molecular complexity index is 335. The van der Waals surface area contributed by atoms with E-state index in [1.165, 1.54) is 0 Å². The molecule has 1 heterocycles. The lowest BCUT2D eigenvalue weighted by atomic mass is 9.84. The maximum atomic E-state index is 12.8. The van der Waals surface area contributed by atoms with E-state index in [1.54, 1.807) is 0 Å². The summed E-state index contributed by atoms with van der Waals surface area (Å²) in [6, 6.07) is 0. The van der Waals surface area contributed by atoms with E-state index in [0.29, 0.717) is 0 Å². The number of amides is 1. The van der Waals surface area contributed by atoms with Crippen LogP contribution in [-0.4, -0.2) is 37.1 Å². The fourth-order valence-electron chi connectivity index (χ4n) is 2.76. The molecule has 0 bridgehead atoms. The van der Waals surface area contributed by atoms with Crippen LogP contribution in [0.25, 0.3) is 0 Å². The number of carbonyl (C=O) groups excluding carboxylic acids is 1. The smallest absolute Gasteiger partial charge is 0.243 e. The second-order valence-corrected chi connectivity index (χ2v) is 7.71. The van der Waals surface area contributed by atoms with Crippen molar-refractivity contribution < 1.29 is 4.79 Å². The van der Waals surface area contributed by atoms with E-state index in [9.17, 15) is 4.79 Å². The van der Waals surface area contributed by atoms with E-state index in [1.807, 2.05) is 13.8 Å². The molecule has 0 aliphatic carbocycles. The Morgan fingerprint density at radius 2 is 1.67 bits per heavy atom. The van der Waals surface area contributed by atoms with E-state index in [2.05, 4.69) is 65.5 Å². The lowest BCUT2D eigenvalue weighted by Gasteiger charge is -2.56. The molecular weight excluding hydrogens is 339 g/mol. The maximum Gasteiger partial charge on any atom is 0.243 e. The van der Waals surface area contributed by atoms with Gasteiger partial charge in [-0.15, -0.1) is 0 Å². The van der Waals surface area contributed by atoms with E-state index in [0.717, 1.165) is 19.4 Å². The Kier molecular flexibility index (Phi) is 4.44. The molecule has 0 aromatic rings. The average molecular weight is 366 g/mol. The number of piperazine rings is 1. The van der Waals surface area contributed by atoms with Gasteiger partial charge >= 0.3 is 0 Å². The molecule has 4 heteroatoms. The van der Waals surface area contributed by atoms with E-state index in [4.69, 9.17) is 0 Å². The molecule has 1 fully saturated rings. The van der Waals surface area contributed by atoms with Gasteiger partial charge in [-0.1, -0.05) is 13.8 Å². The highest BCUT2D eigenvalue weighted by Crippen LogP contribution is 2.40. The SMILES string of the molecule is CCC(C)(CC)N1CC(C)(C)N(I)C(C)(C)C1=O.